The van der Waals surface area contributed by atoms with Crippen molar-refractivity contribution in [1.29, 1.82) is 0 Å². The summed E-state index contributed by atoms with van der Waals surface area (Å²) in [5, 5.41) is 0.0929. The summed E-state index contributed by atoms with van der Waals surface area (Å²) in [5.41, 5.74) is 0.870. The molecule has 0 spiro atoms. The van der Waals surface area contributed by atoms with Gasteiger partial charge >= 0.3 is 0 Å². The Kier molecular flexibility index (Phi) is 4.87. The Labute approximate surface area is 100 Å². The average Bonchev–Trinajstić information content (AvgIpc) is 2.25. The zero-order chi connectivity index (χ0) is 12.0. The van der Waals surface area contributed by atoms with Crippen molar-refractivity contribution in [3.63, 3.8) is 0 Å². The van der Waals surface area contributed by atoms with Crippen molar-refractivity contribution in [2.24, 2.45) is 0 Å². The maximum atomic E-state index is 10.7. The molecule has 0 aliphatic rings. The minimum absolute atomic E-state index is 0.0929. The predicted octanol–water partition coefficient (Wildman–Crippen LogP) is 1.78. The Bertz CT molecular complexity index is 415. The van der Waals surface area contributed by atoms with Gasteiger partial charge in [0.2, 0.25) is 0 Å². The SMILES string of the molecule is CC(=O)SCC#Cc1ccc(N(C)C)nc1. The van der Waals surface area contributed by atoms with Crippen LogP contribution < -0.4 is 4.90 Å². The third-order valence-corrected chi connectivity index (χ3v) is 2.48. The molecule has 84 valence electrons. The molecular weight excluding hydrogens is 220 g/mol. The Morgan fingerprint density at radius 1 is 1.50 bits per heavy atom. The van der Waals surface area contributed by atoms with Crippen LogP contribution in [0.3, 0.4) is 0 Å². The van der Waals surface area contributed by atoms with E-state index in [2.05, 4.69) is 16.8 Å². The first-order chi connectivity index (χ1) is 7.59. The molecule has 0 saturated carbocycles. The molecule has 0 unspecified atom stereocenters. The maximum absolute atomic E-state index is 10.7. The molecule has 3 nitrogen and oxygen atoms in total. The molecule has 0 aromatic carbocycles. The van der Waals surface area contributed by atoms with Gasteiger partial charge in [-0.15, -0.1) is 0 Å². The summed E-state index contributed by atoms with van der Waals surface area (Å²) >= 11 is 1.22. The molecule has 0 amide bonds. The highest BCUT2D eigenvalue weighted by Crippen LogP contribution is 2.06. The molecule has 1 heterocycles. The van der Waals surface area contributed by atoms with Crippen molar-refractivity contribution in [3.8, 4) is 11.8 Å². The number of carbonyl (C=O) groups excluding carboxylic acids is 1. The van der Waals surface area contributed by atoms with Gasteiger partial charge in [-0.2, -0.15) is 0 Å². The van der Waals surface area contributed by atoms with Gasteiger partial charge in [-0.1, -0.05) is 23.6 Å². The van der Waals surface area contributed by atoms with Crippen LogP contribution in [0.2, 0.25) is 0 Å². The van der Waals surface area contributed by atoms with E-state index in [9.17, 15) is 4.79 Å². The lowest BCUT2D eigenvalue weighted by atomic mass is 10.3. The number of nitrogens with zero attached hydrogens (tertiary/aromatic N) is 2. The van der Waals surface area contributed by atoms with Crippen LogP contribution in [0.4, 0.5) is 5.82 Å². The van der Waals surface area contributed by atoms with Crippen LogP contribution in [-0.4, -0.2) is 29.9 Å². The summed E-state index contributed by atoms with van der Waals surface area (Å²) in [5.74, 6) is 7.32. The summed E-state index contributed by atoms with van der Waals surface area (Å²) in [6.07, 6.45) is 1.74. The molecule has 0 fully saturated rings. The first kappa shape index (κ1) is 12.6. The van der Waals surface area contributed by atoms with Crippen molar-refractivity contribution in [2.75, 3.05) is 24.7 Å². The Morgan fingerprint density at radius 3 is 2.75 bits per heavy atom. The molecule has 1 rings (SSSR count). The highest BCUT2D eigenvalue weighted by atomic mass is 32.2. The van der Waals surface area contributed by atoms with E-state index < -0.39 is 0 Å². The van der Waals surface area contributed by atoms with E-state index in [0.29, 0.717) is 5.75 Å². The number of thioether (sulfide) groups is 1. The van der Waals surface area contributed by atoms with E-state index in [1.165, 1.54) is 11.8 Å². The molecule has 1 aromatic heterocycles. The van der Waals surface area contributed by atoms with Crippen LogP contribution in [0.15, 0.2) is 18.3 Å². The number of hydrogen-bond acceptors (Lipinski definition) is 4. The van der Waals surface area contributed by atoms with Crippen LogP contribution in [-0.2, 0) is 4.79 Å². The fourth-order valence-corrected chi connectivity index (χ4v) is 1.35. The fourth-order valence-electron chi connectivity index (χ4n) is 1.00. The topological polar surface area (TPSA) is 33.2 Å². The Morgan fingerprint density at radius 2 is 2.25 bits per heavy atom. The van der Waals surface area contributed by atoms with Crippen molar-refractivity contribution < 1.29 is 4.79 Å². The van der Waals surface area contributed by atoms with Crippen LogP contribution >= 0.6 is 11.8 Å². The standard InChI is InChI=1S/C12H14N2OS/c1-10(15)16-8-4-5-11-6-7-12(13-9-11)14(2)3/h6-7,9H,8H2,1-3H3. The summed E-state index contributed by atoms with van der Waals surface area (Å²) in [7, 11) is 3.88. The number of carbonyl (C=O) groups is 1. The highest BCUT2D eigenvalue weighted by molar-refractivity contribution is 8.13. The first-order valence-corrected chi connectivity index (χ1v) is 5.84. The zero-order valence-corrected chi connectivity index (χ0v) is 10.5. The van der Waals surface area contributed by atoms with Crippen LogP contribution in [0.1, 0.15) is 12.5 Å². The summed E-state index contributed by atoms with van der Waals surface area (Å²) in [6, 6.07) is 3.84. The van der Waals surface area contributed by atoms with Gasteiger partial charge in [0.1, 0.15) is 5.82 Å². The molecule has 0 bridgehead atoms. The summed E-state index contributed by atoms with van der Waals surface area (Å²) in [6.45, 7) is 1.54. The fraction of sp³-hybridized carbons (Fsp3) is 0.333. The second kappa shape index (κ2) is 6.19. The quantitative estimate of drug-likeness (QED) is 0.730. The Hall–Kier alpha value is -1.47. The zero-order valence-electron chi connectivity index (χ0n) is 9.65. The van der Waals surface area contributed by atoms with Crippen molar-refractivity contribution in [3.05, 3.63) is 23.9 Å². The normalized spacial score (nSPS) is 9.19. The van der Waals surface area contributed by atoms with E-state index in [4.69, 9.17) is 0 Å². The molecule has 0 aliphatic carbocycles. The number of rotatable bonds is 2. The van der Waals surface area contributed by atoms with Gasteiger partial charge in [-0.05, 0) is 12.1 Å². The summed E-state index contributed by atoms with van der Waals surface area (Å²) < 4.78 is 0. The molecule has 0 N–H and O–H groups in total. The summed E-state index contributed by atoms with van der Waals surface area (Å²) in [4.78, 5) is 16.8. The first-order valence-electron chi connectivity index (χ1n) is 4.85. The molecule has 0 aliphatic heterocycles. The third-order valence-electron chi connectivity index (χ3n) is 1.79. The monoisotopic (exact) mass is 234 g/mol. The van der Waals surface area contributed by atoms with Crippen LogP contribution in [0.5, 0.6) is 0 Å². The second-order valence-corrected chi connectivity index (χ2v) is 4.53. The third kappa shape index (κ3) is 4.37. The minimum atomic E-state index is 0.0929. The van der Waals surface area contributed by atoms with Gasteiger partial charge in [0, 0.05) is 32.8 Å². The Balaban J connectivity index is 2.58. The van der Waals surface area contributed by atoms with Crippen molar-refractivity contribution >= 4 is 22.7 Å². The van der Waals surface area contributed by atoms with Gasteiger partial charge in [-0.3, -0.25) is 4.79 Å². The van der Waals surface area contributed by atoms with E-state index in [-0.39, 0.29) is 5.12 Å². The molecular formula is C12H14N2OS. The van der Waals surface area contributed by atoms with Crippen molar-refractivity contribution in [1.82, 2.24) is 4.98 Å². The molecule has 16 heavy (non-hydrogen) atoms. The van der Waals surface area contributed by atoms with Gasteiger partial charge < -0.3 is 4.90 Å². The molecule has 0 saturated heterocycles. The number of hydrogen-bond donors (Lipinski definition) is 0. The van der Waals surface area contributed by atoms with Crippen molar-refractivity contribution in [2.45, 2.75) is 6.92 Å². The van der Waals surface area contributed by atoms with Gasteiger partial charge in [-0.25, -0.2) is 4.98 Å². The van der Waals surface area contributed by atoms with E-state index in [0.717, 1.165) is 11.4 Å². The lowest BCUT2D eigenvalue weighted by molar-refractivity contribution is -0.109. The molecule has 0 radical (unpaired) electrons. The molecule has 4 heteroatoms. The number of aromatic nitrogens is 1. The highest BCUT2D eigenvalue weighted by Gasteiger charge is 1.95. The van der Waals surface area contributed by atoms with Gasteiger partial charge in [0.25, 0.3) is 0 Å². The molecule has 1 aromatic rings. The average molecular weight is 234 g/mol. The largest absolute Gasteiger partial charge is 0.363 e. The van der Waals surface area contributed by atoms with E-state index in [1.807, 2.05) is 31.1 Å². The lowest BCUT2D eigenvalue weighted by Gasteiger charge is -2.09. The second-order valence-electron chi connectivity index (χ2n) is 3.38. The predicted molar refractivity (Wildman–Crippen MR) is 68.6 cm³/mol. The lowest BCUT2D eigenvalue weighted by Crippen LogP contribution is -2.10. The number of pyridine rings is 1. The van der Waals surface area contributed by atoms with Crippen LogP contribution in [0, 0.1) is 11.8 Å². The molecule has 0 atom stereocenters. The van der Waals surface area contributed by atoms with E-state index in [1.54, 1.807) is 13.1 Å². The minimum Gasteiger partial charge on any atom is -0.363 e. The number of anilines is 1. The van der Waals surface area contributed by atoms with Crippen LogP contribution in [0.25, 0.3) is 0 Å². The van der Waals surface area contributed by atoms with Gasteiger partial charge in [0.05, 0.1) is 5.75 Å². The van der Waals surface area contributed by atoms with E-state index >= 15 is 0 Å². The maximum Gasteiger partial charge on any atom is 0.186 e. The smallest absolute Gasteiger partial charge is 0.186 e. The van der Waals surface area contributed by atoms with Gasteiger partial charge in [0.15, 0.2) is 5.12 Å².